The highest BCUT2D eigenvalue weighted by Crippen LogP contribution is 2.71. The fourth-order valence-corrected chi connectivity index (χ4v) is 25.0. The molecule has 0 amide bonds. The predicted octanol–water partition coefficient (Wildman–Crippen LogP) is 14.6. The first-order chi connectivity index (χ1) is 23.1. The number of hydrogen-bond acceptors (Lipinski definition) is 0. The van der Waals surface area contributed by atoms with Gasteiger partial charge in [0.2, 0.25) is 0 Å². The van der Waals surface area contributed by atoms with E-state index in [0.717, 1.165) is 106 Å². The fourth-order valence-electron chi connectivity index (χ4n) is 18.4. The van der Waals surface area contributed by atoms with Gasteiger partial charge >= 0.3 is 0 Å². The van der Waals surface area contributed by atoms with Gasteiger partial charge in [-0.15, -0.1) is 0 Å². The van der Waals surface area contributed by atoms with Crippen molar-refractivity contribution in [1.29, 1.82) is 0 Å². The third-order valence-electron chi connectivity index (χ3n) is 19.9. The van der Waals surface area contributed by atoms with Crippen LogP contribution < -0.4 is 0 Å². The molecule has 0 aromatic rings. The molecule has 0 nitrogen and oxygen atoms in total. The zero-order valence-electron chi connectivity index (χ0n) is 34.6. The summed E-state index contributed by atoms with van der Waals surface area (Å²) in [5.74, 6) is 17.0. The molecule has 0 aliphatic heterocycles. The highest BCUT2D eigenvalue weighted by molar-refractivity contribution is 6.80. The Bertz CT molecular complexity index is 1050. The van der Waals surface area contributed by atoms with Gasteiger partial charge in [-0.05, 0) is 206 Å². The second kappa shape index (κ2) is 13.2. The minimum atomic E-state index is -1.50. The van der Waals surface area contributed by atoms with Gasteiger partial charge in [-0.2, -0.15) is 0 Å². The van der Waals surface area contributed by atoms with Crippen LogP contribution in [0.15, 0.2) is 0 Å². The van der Waals surface area contributed by atoms with E-state index in [1.807, 2.05) is 0 Å². The van der Waals surface area contributed by atoms with Crippen molar-refractivity contribution in [2.24, 2.45) is 106 Å². The maximum Gasteiger partial charge on any atom is 0.0546 e. The Balaban J connectivity index is 1.04. The van der Waals surface area contributed by atoms with Gasteiger partial charge in [0.05, 0.1) is 8.07 Å². The topological polar surface area (TPSA) is 0 Å². The maximum absolute atomic E-state index is 3.04. The molecule has 8 fully saturated rings. The van der Waals surface area contributed by atoms with E-state index in [4.69, 9.17) is 0 Å². The minimum absolute atomic E-state index is 0.511. The van der Waals surface area contributed by atoms with Crippen LogP contribution in [0.3, 0.4) is 0 Å². The lowest BCUT2D eigenvalue weighted by molar-refractivity contribution is -0.000421. The van der Waals surface area contributed by atoms with Gasteiger partial charge in [0.1, 0.15) is 0 Å². The van der Waals surface area contributed by atoms with Gasteiger partial charge in [0.25, 0.3) is 0 Å². The van der Waals surface area contributed by atoms with Crippen molar-refractivity contribution < 1.29 is 0 Å². The summed E-state index contributed by atoms with van der Waals surface area (Å²) in [6.45, 7) is 26.9. The van der Waals surface area contributed by atoms with E-state index >= 15 is 0 Å². The van der Waals surface area contributed by atoms with Crippen molar-refractivity contribution in [1.82, 2.24) is 0 Å². The van der Waals surface area contributed by atoms with Crippen LogP contribution in [0.1, 0.15) is 171 Å². The SMILES string of the molecule is CC1CC2C(CC3CCCC3[C@@H]2C2CCC(C(C)(C)C)CC2)C1[Si](C)(C)C1C(C)CC2C1CC1CCCC1[C@@H]2C1CCC(C(C)(C)C)CC1. The third kappa shape index (κ3) is 6.26. The van der Waals surface area contributed by atoms with Crippen molar-refractivity contribution in [3.05, 3.63) is 0 Å². The van der Waals surface area contributed by atoms with Crippen LogP contribution >= 0.6 is 0 Å². The minimum Gasteiger partial charge on any atom is -0.0689 e. The van der Waals surface area contributed by atoms with E-state index in [1.165, 1.54) is 25.7 Å². The van der Waals surface area contributed by atoms with E-state index in [0.29, 0.717) is 10.8 Å². The van der Waals surface area contributed by atoms with Gasteiger partial charge in [-0.1, -0.05) is 94.2 Å². The molecule has 0 saturated heterocycles. The summed E-state index contributed by atoms with van der Waals surface area (Å²) in [4.78, 5) is 0. The summed E-state index contributed by atoms with van der Waals surface area (Å²) < 4.78 is 0. The zero-order valence-corrected chi connectivity index (χ0v) is 35.6. The smallest absolute Gasteiger partial charge is 0.0546 e. The van der Waals surface area contributed by atoms with Crippen molar-refractivity contribution in [2.45, 2.75) is 195 Å². The van der Waals surface area contributed by atoms with E-state index < -0.39 is 8.07 Å². The summed E-state index contributed by atoms with van der Waals surface area (Å²) in [6.07, 6.45) is 28.5. The molecule has 0 spiro atoms. The normalized spacial score (nSPS) is 52.0. The second-order valence-corrected chi connectivity index (χ2v) is 29.2. The van der Waals surface area contributed by atoms with E-state index in [1.54, 1.807) is 89.9 Å². The van der Waals surface area contributed by atoms with Gasteiger partial charge < -0.3 is 0 Å². The molecule has 12 unspecified atom stereocenters. The molecule has 0 aromatic carbocycles. The van der Waals surface area contributed by atoms with Gasteiger partial charge in [0.15, 0.2) is 0 Å². The number of rotatable bonds is 4. The lowest BCUT2D eigenvalue weighted by atomic mass is 9.56. The van der Waals surface area contributed by atoms with Gasteiger partial charge in [-0.25, -0.2) is 0 Å². The standard InChI is InChI=1S/C48H84Si/c1-29-25-39-41(27-33-13-11-15-37(33)43(39)31-17-21-35(22-18-31)47(3,4)5)45(29)49(9,10)46-30(2)26-40-42(46)28-34-14-12-16-38(34)44(40)32-19-23-36(24-20-32)48(6,7)8/h29-46H,11-28H2,1-10H3/t29?,30?,31?,32?,33?,34?,35?,36?,37?,38?,39?,40?,41?,42?,43-,44-,45?,46?/m0/s1. The van der Waals surface area contributed by atoms with E-state index in [-0.39, 0.29) is 0 Å². The van der Waals surface area contributed by atoms with Crippen LogP contribution in [0.2, 0.25) is 24.2 Å². The van der Waals surface area contributed by atoms with E-state index in [2.05, 4.69) is 68.5 Å². The third-order valence-corrected chi connectivity index (χ3v) is 25.3. The Kier molecular flexibility index (Phi) is 9.76. The van der Waals surface area contributed by atoms with Crippen molar-refractivity contribution in [3.63, 3.8) is 0 Å². The van der Waals surface area contributed by atoms with Crippen LogP contribution in [0.25, 0.3) is 0 Å². The molecule has 14 atom stereocenters. The number of hydrogen-bond donors (Lipinski definition) is 0. The van der Waals surface area contributed by atoms with Crippen molar-refractivity contribution >= 4 is 8.07 Å². The summed E-state index contributed by atoms with van der Waals surface area (Å²) in [6, 6.07) is 0. The van der Waals surface area contributed by atoms with Crippen LogP contribution in [-0.2, 0) is 0 Å². The van der Waals surface area contributed by atoms with Crippen LogP contribution in [0, 0.1) is 106 Å². The molecule has 280 valence electrons. The number of fused-ring (bicyclic) bond motifs is 4. The Morgan fingerprint density at radius 1 is 0.388 bits per heavy atom. The van der Waals surface area contributed by atoms with Crippen molar-refractivity contribution in [3.8, 4) is 0 Å². The Morgan fingerprint density at radius 2 is 0.755 bits per heavy atom. The summed E-state index contributed by atoms with van der Waals surface area (Å²) >= 11 is 0. The highest BCUT2D eigenvalue weighted by atomic mass is 28.3. The molecular formula is C48H84Si. The average molecular weight is 689 g/mol. The predicted molar refractivity (Wildman–Crippen MR) is 214 cm³/mol. The Hall–Kier alpha value is 0.217. The summed E-state index contributed by atoms with van der Waals surface area (Å²) in [7, 11) is -1.50. The van der Waals surface area contributed by atoms with Crippen LogP contribution in [0.4, 0.5) is 0 Å². The van der Waals surface area contributed by atoms with Crippen LogP contribution in [-0.4, -0.2) is 8.07 Å². The molecule has 8 aliphatic carbocycles. The molecule has 8 saturated carbocycles. The first kappa shape index (κ1) is 36.2. The monoisotopic (exact) mass is 689 g/mol. The van der Waals surface area contributed by atoms with Gasteiger partial charge in [0, 0.05) is 0 Å². The lowest BCUT2D eigenvalue weighted by Gasteiger charge is -2.54. The lowest BCUT2D eigenvalue weighted by Crippen LogP contribution is -2.50. The first-order valence-corrected chi connectivity index (χ1v) is 26.3. The molecule has 0 radical (unpaired) electrons. The zero-order chi connectivity index (χ0) is 34.6. The summed E-state index contributed by atoms with van der Waals surface area (Å²) in [5, 5.41) is 0. The fraction of sp³-hybridized carbons (Fsp3) is 1.00. The molecular weight excluding hydrogens is 605 g/mol. The Labute approximate surface area is 307 Å². The first-order valence-electron chi connectivity index (χ1n) is 23.1. The molecule has 8 rings (SSSR count). The van der Waals surface area contributed by atoms with Crippen LogP contribution in [0.5, 0.6) is 0 Å². The molecule has 0 N–H and O–H groups in total. The quantitative estimate of drug-likeness (QED) is 0.258. The maximum atomic E-state index is 3.04. The van der Waals surface area contributed by atoms with Gasteiger partial charge in [-0.3, -0.25) is 0 Å². The highest BCUT2D eigenvalue weighted by Gasteiger charge is 2.64. The Morgan fingerprint density at radius 3 is 1.10 bits per heavy atom. The molecule has 0 heterocycles. The largest absolute Gasteiger partial charge is 0.0689 e. The molecule has 8 aliphatic rings. The molecule has 1 heteroatoms. The molecule has 0 bridgehead atoms. The molecule has 49 heavy (non-hydrogen) atoms. The summed E-state index contributed by atoms with van der Waals surface area (Å²) in [5.41, 5.74) is 3.24. The average Bonchev–Trinajstić information content (AvgIpc) is 3.82. The second-order valence-electron chi connectivity index (χ2n) is 24.2. The van der Waals surface area contributed by atoms with E-state index in [9.17, 15) is 0 Å². The molecule has 0 aromatic heterocycles. The van der Waals surface area contributed by atoms with Crippen molar-refractivity contribution in [2.75, 3.05) is 0 Å².